The molecule has 2 aromatic rings. The summed E-state index contributed by atoms with van der Waals surface area (Å²) in [4.78, 5) is 18.3. The van der Waals surface area contributed by atoms with Crippen molar-refractivity contribution in [3.8, 4) is 0 Å². The molecular formula is C18H20F3N3O. The van der Waals surface area contributed by atoms with Gasteiger partial charge < -0.3 is 10.2 Å². The van der Waals surface area contributed by atoms with Crippen LogP contribution in [0.15, 0.2) is 36.5 Å². The van der Waals surface area contributed by atoms with E-state index >= 15 is 0 Å². The van der Waals surface area contributed by atoms with Crippen LogP contribution in [-0.2, 0) is 6.18 Å². The fourth-order valence-electron chi connectivity index (χ4n) is 2.45. The van der Waals surface area contributed by atoms with Crippen LogP contribution in [0.2, 0.25) is 0 Å². The van der Waals surface area contributed by atoms with Gasteiger partial charge in [0.1, 0.15) is 0 Å². The summed E-state index contributed by atoms with van der Waals surface area (Å²) in [5.74, 6) is -0.500. The monoisotopic (exact) mass is 351 g/mol. The lowest BCUT2D eigenvalue weighted by Gasteiger charge is -2.25. The second-order valence-electron chi connectivity index (χ2n) is 5.54. The van der Waals surface area contributed by atoms with E-state index in [9.17, 15) is 18.0 Å². The molecule has 0 atom stereocenters. The van der Waals surface area contributed by atoms with Gasteiger partial charge in [-0.2, -0.15) is 13.2 Å². The number of hydrogen-bond acceptors (Lipinski definition) is 3. The summed E-state index contributed by atoms with van der Waals surface area (Å²) in [6.45, 7) is 6.80. The lowest BCUT2D eigenvalue weighted by molar-refractivity contribution is -0.137. The first-order chi connectivity index (χ1) is 11.8. The van der Waals surface area contributed by atoms with Gasteiger partial charge in [-0.3, -0.25) is 9.78 Å². The predicted octanol–water partition coefficient (Wildman–Crippen LogP) is 4.51. The van der Waals surface area contributed by atoms with Crippen LogP contribution in [0.3, 0.4) is 0 Å². The van der Waals surface area contributed by atoms with Crippen molar-refractivity contribution in [2.45, 2.75) is 26.9 Å². The van der Waals surface area contributed by atoms with Gasteiger partial charge in [0.25, 0.3) is 5.91 Å². The van der Waals surface area contributed by atoms with Gasteiger partial charge in [-0.25, -0.2) is 0 Å². The molecule has 2 rings (SSSR count). The molecule has 0 aliphatic carbocycles. The van der Waals surface area contributed by atoms with Gasteiger partial charge in [0.2, 0.25) is 0 Å². The predicted molar refractivity (Wildman–Crippen MR) is 91.9 cm³/mol. The maximum absolute atomic E-state index is 13.0. The van der Waals surface area contributed by atoms with Crippen molar-refractivity contribution in [2.24, 2.45) is 0 Å². The molecule has 0 saturated heterocycles. The van der Waals surface area contributed by atoms with Gasteiger partial charge in [0.15, 0.2) is 0 Å². The average Bonchev–Trinajstić information content (AvgIpc) is 2.56. The average molecular weight is 351 g/mol. The maximum atomic E-state index is 13.0. The summed E-state index contributed by atoms with van der Waals surface area (Å²) in [6.07, 6.45) is -3.08. The highest BCUT2D eigenvalue weighted by atomic mass is 19.4. The lowest BCUT2D eigenvalue weighted by Crippen LogP contribution is -2.24. The summed E-state index contributed by atoms with van der Waals surface area (Å²) >= 11 is 0. The Morgan fingerprint density at radius 2 is 1.84 bits per heavy atom. The number of pyridine rings is 1. The zero-order valence-electron chi connectivity index (χ0n) is 14.3. The van der Waals surface area contributed by atoms with Crippen molar-refractivity contribution < 1.29 is 18.0 Å². The molecule has 0 aliphatic heterocycles. The second kappa shape index (κ2) is 7.55. The topological polar surface area (TPSA) is 45.2 Å². The molecule has 1 aromatic heterocycles. The third kappa shape index (κ3) is 4.49. The number of nitrogens with zero attached hydrogens (tertiary/aromatic N) is 2. The number of halogens is 3. The Morgan fingerprint density at radius 1 is 1.16 bits per heavy atom. The molecule has 1 heterocycles. The number of carbonyl (C=O) groups is 1. The Hall–Kier alpha value is -2.57. The normalized spacial score (nSPS) is 11.3. The van der Waals surface area contributed by atoms with Crippen LogP contribution in [0, 0.1) is 6.92 Å². The summed E-state index contributed by atoms with van der Waals surface area (Å²) in [6, 6.07) is 6.64. The van der Waals surface area contributed by atoms with E-state index < -0.39 is 17.6 Å². The number of rotatable bonds is 5. The zero-order valence-corrected chi connectivity index (χ0v) is 14.3. The Balaban J connectivity index is 2.41. The highest BCUT2D eigenvalue weighted by Gasteiger charge is 2.31. The minimum Gasteiger partial charge on any atom is -0.370 e. The highest BCUT2D eigenvalue weighted by molar-refractivity contribution is 6.05. The van der Waals surface area contributed by atoms with E-state index in [1.54, 1.807) is 19.1 Å². The number of amides is 1. The largest absolute Gasteiger partial charge is 0.416 e. The lowest BCUT2D eigenvalue weighted by atomic mass is 10.1. The number of benzene rings is 1. The molecule has 1 aromatic carbocycles. The van der Waals surface area contributed by atoms with E-state index in [-0.39, 0.29) is 11.3 Å². The highest BCUT2D eigenvalue weighted by Crippen LogP contribution is 2.35. The van der Waals surface area contributed by atoms with Gasteiger partial charge in [-0.05, 0) is 51.1 Å². The molecule has 0 fully saturated rings. The van der Waals surface area contributed by atoms with E-state index in [2.05, 4.69) is 10.3 Å². The number of aryl methyl sites for hydroxylation is 1. The van der Waals surface area contributed by atoms with Crippen LogP contribution < -0.4 is 10.2 Å². The Labute approximate surface area is 144 Å². The van der Waals surface area contributed by atoms with E-state index in [1.165, 1.54) is 12.3 Å². The molecule has 134 valence electrons. The second-order valence-corrected chi connectivity index (χ2v) is 5.54. The molecule has 0 bridgehead atoms. The standard InChI is InChI=1S/C18H20F3N3O/c1-4-24(5-2)16-9-8-14(18(19,20)21)10-15(16)23-17(25)13-7-6-12(3)22-11-13/h6-11H,4-5H2,1-3H3,(H,23,25). The minimum absolute atomic E-state index is 0.129. The first-order valence-electron chi connectivity index (χ1n) is 7.96. The van der Waals surface area contributed by atoms with Crippen molar-refractivity contribution in [3.63, 3.8) is 0 Å². The van der Waals surface area contributed by atoms with E-state index in [4.69, 9.17) is 0 Å². The molecule has 4 nitrogen and oxygen atoms in total. The Kier molecular flexibility index (Phi) is 5.66. The van der Waals surface area contributed by atoms with Crippen molar-refractivity contribution in [1.29, 1.82) is 0 Å². The van der Waals surface area contributed by atoms with Crippen molar-refractivity contribution in [2.75, 3.05) is 23.3 Å². The van der Waals surface area contributed by atoms with Gasteiger partial charge >= 0.3 is 6.18 Å². The number of hydrogen-bond donors (Lipinski definition) is 1. The van der Waals surface area contributed by atoms with Crippen molar-refractivity contribution in [3.05, 3.63) is 53.3 Å². The molecular weight excluding hydrogens is 331 g/mol. The van der Waals surface area contributed by atoms with Gasteiger partial charge in [0.05, 0.1) is 22.5 Å². The number of anilines is 2. The SMILES string of the molecule is CCN(CC)c1ccc(C(F)(F)F)cc1NC(=O)c1ccc(C)nc1. The summed E-state index contributed by atoms with van der Waals surface area (Å²) in [7, 11) is 0. The number of nitrogens with one attached hydrogen (secondary N) is 1. The van der Waals surface area contributed by atoms with Crippen LogP contribution in [-0.4, -0.2) is 24.0 Å². The summed E-state index contributed by atoms with van der Waals surface area (Å²) in [5, 5.41) is 2.59. The van der Waals surface area contributed by atoms with E-state index in [0.29, 0.717) is 18.8 Å². The fraction of sp³-hybridized carbons (Fsp3) is 0.333. The molecule has 0 aliphatic rings. The summed E-state index contributed by atoms with van der Waals surface area (Å²) < 4.78 is 39.1. The molecule has 7 heteroatoms. The zero-order chi connectivity index (χ0) is 18.6. The molecule has 0 unspecified atom stereocenters. The van der Waals surface area contributed by atoms with Gasteiger partial charge in [-0.1, -0.05) is 0 Å². The van der Waals surface area contributed by atoms with Gasteiger partial charge in [0, 0.05) is 25.0 Å². The van der Waals surface area contributed by atoms with Crippen LogP contribution in [0.4, 0.5) is 24.5 Å². The molecule has 1 amide bonds. The fourth-order valence-corrected chi connectivity index (χ4v) is 2.45. The Bertz CT molecular complexity index is 738. The van der Waals surface area contributed by atoms with E-state index in [0.717, 1.165) is 17.8 Å². The third-order valence-corrected chi connectivity index (χ3v) is 3.85. The molecule has 25 heavy (non-hydrogen) atoms. The molecule has 1 N–H and O–H groups in total. The summed E-state index contributed by atoms with van der Waals surface area (Å²) in [5.41, 5.74) is 0.907. The molecule has 0 radical (unpaired) electrons. The minimum atomic E-state index is -4.48. The quantitative estimate of drug-likeness (QED) is 0.862. The van der Waals surface area contributed by atoms with Gasteiger partial charge in [-0.15, -0.1) is 0 Å². The van der Waals surface area contributed by atoms with Crippen LogP contribution in [0.25, 0.3) is 0 Å². The van der Waals surface area contributed by atoms with Crippen molar-refractivity contribution >= 4 is 17.3 Å². The molecule has 0 spiro atoms. The number of alkyl halides is 3. The van der Waals surface area contributed by atoms with Crippen LogP contribution >= 0.6 is 0 Å². The number of aromatic nitrogens is 1. The first-order valence-corrected chi connectivity index (χ1v) is 7.96. The first kappa shape index (κ1) is 18.8. The number of carbonyl (C=O) groups excluding carboxylic acids is 1. The Morgan fingerprint density at radius 3 is 2.36 bits per heavy atom. The third-order valence-electron chi connectivity index (χ3n) is 3.85. The van der Waals surface area contributed by atoms with Crippen molar-refractivity contribution in [1.82, 2.24) is 4.98 Å². The van der Waals surface area contributed by atoms with E-state index in [1.807, 2.05) is 18.7 Å². The smallest absolute Gasteiger partial charge is 0.370 e. The van der Waals surface area contributed by atoms with Crippen LogP contribution in [0.1, 0.15) is 35.5 Å². The van der Waals surface area contributed by atoms with Crippen LogP contribution in [0.5, 0.6) is 0 Å². The maximum Gasteiger partial charge on any atom is 0.416 e. The molecule has 0 saturated carbocycles.